The number of unbranched alkanes of at least 4 members (excludes halogenated alkanes) is 8. The smallest absolute Gasteiger partial charge is 0.337 e. The minimum absolute atomic E-state index is 0.000306. The molecule has 3 saturated heterocycles. The average Bonchev–Trinajstić information content (AvgIpc) is 1.43. The third-order valence-electron chi connectivity index (χ3n) is 23.9. The molecule has 20 nitrogen and oxygen atoms in total. The summed E-state index contributed by atoms with van der Waals surface area (Å²) in [6.07, 6.45) is 21.6. The second-order valence-electron chi connectivity index (χ2n) is 28.8. The van der Waals surface area contributed by atoms with Gasteiger partial charge in [0.2, 0.25) is 0 Å². The number of hydrogen-bond acceptors (Lipinski definition) is 20. The second kappa shape index (κ2) is 27.1. The highest BCUT2D eigenvalue weighted by molar-refractivity contribution is 5.74. The Kier molecular flexibility index (Phi) is 19.3. The lowest BCUT2D eigenvalue weighted by Crippen LogP contribution is -2.74. The average molecular weight is 1330 g/mol. The number of likely N-dealkylation sites (tertiary alicyclic amines) is 3. The number of benzene rings is 3. The number of allylic oxidation sites excluding steroid dienone is 1. The predicted molar refractivity (Wildman–Crippen MR) is 358 cm³/mol. The number of ether oxygens (including phenoxy) is 12. The molecule has 6 unspecified atom stereocenters. The topological polar surface area (TPSA) is 215 Å². The minimum atomic E-state index is -1.03. The number of aliphatic hydroxyl groups is 3. The molecule has 0 amide bonds. The standard InChI is InChI=1S/C30H43NO5.C25H33NO8.C21H25NO4/c1-4-5-6-7-8-9-10-11-12-13-25(32)35-23-16-17-30(33)24-20-21-14-15-22(34-3)27-26(21)29(30,28(23)36-27)18-19-31(24)2;1-26-9-8-24-21-16-4-5-17(30-3)22(21)34-23(24)18(6-7-25(24,28)19(26)14-16)33-20(27)15-32-13-12-31-11-10-29-2;1-12(2)25-15-7-8-21(23)16-11-13-5-6-14(24-4)18-17(13)20(21,19(15)26-18)9-10-22(16)3/h14-16,24,28,33H,4-13,17-20H2,1-3H3;4-6,19,23,28H,7-15H2,1-3H3;5-7,16,19,23H,1,8-11H2,2-4H3/t24-,28?,29+,30-;19-,23?,24+,25-;/m11./s1. The van der Waals surface area contributed by atoms with Crippen LogP contribution in [0.3, 0.4) is 0 Å². The molecule has 96 heavy (non-hydrogen) atoms. The van der Waals surface area contributed by atoms with E-state index in [0.29, 0.717) is 92.2 Å². The molecule has 6 aliphatic carbocycles. The van der Waals surface area contributed by atoms with Gasteiger partial charge in [0.05, 0.1) is 86.6 Å². The molecule has 3 fully saturated rings. The maximum absolute atomic E-state index is 12.9. The SMILES string of the molecule is C=C(C)OC1=CCC2(O)C3Cc4ccc(OC)c5c4C2(CCN3C)C1O5.CCCCCCCCCCCC(=O)OC1=CC[C@@]2(O)[C@H]3Cc4ccc(OC)c5c4[C@@]2(CCN3C)C1O5.COCCOCCOCC(=O)OC1=CC[C@@]2(O)[C@H]3Cc4ccc(OC)c5c4[C@@]2(CCN3C)C1O5. The first-order valence-corrected chi connectivity index (χ1v) is 35.2. The molecule has 6 heterocycles. The Morgan fingerprint density at radius 3 is 1.26 bits per heavy atom. The highest BCUT2D eigenvalue weighted by Gasteiger charge is 2.75. The van der Waals surface area contributed by atoms with Gasteiger partial charge in [-0.2, -0.15) is 0 Å². The number of esters is 2. The van der Waals surface area contributed by atoms with Crippen LogP contribution in [-0.2, 0) is 73.5 Å². The number of carbonyl (C=O) groups excluding carboxylic acids is 2. The van der Waals surface area contributed by atoms with Crippen molar-refractivity contribution in [3.05, 3.63) is 118 Å². The lowest BCUT2D eigenvalue weighted by atomic mass is 9.50. The summed E-state index contributed by atoms with van der Waals surface area (Å²) in [6.45, 7) is 12.0. The molecular weight excluding hydrogens is 1230 g/mol. The predicted octanol–water partition coefficient (Wildman–Crippen LogP) is 9.16. The van der Waals surface area contributed by atoms with E-state index >= 15 is 0 Å². The maximum Gasteiger partial charge on any atom is 0.337 e. The van der Waals surface area contributed by atoms with E-state index < -0.39 is 51.2 Å². The molecule has 3 N–H and O–H groups in total. The Morgan fingerprint density at radius 2 is 0.875 bits per heavy atom. The number of piperidine rings is 3. The zero-order chi connectivity index (χ0) is 67.5. The van der Waals surface area contributed by atoms with Crippen LogP contribution in [0.15, 0.2) is 84.2 Å². The summed E-state index contributed by atoms with van der Waals surface area (Å²) in [6, 6.07) is 12.2. The Bertz CT molecular complexity index is 3550. The summed E-state index contributed by atoms with van der Waals surface area (Å²) in [4.78, 5) is 32.3. The molecule has 3 aromatic carbocycles. The number of rotatable bonds is 25. The third kappa shape index (κ3) is 10.8. The lowest BCUT2D eigenvalue weighted by molar-refractivity contribution is -0.170. The van der Waals surface area contributed by atoms with Gasteiger partial charge in [-0.05, 0) is 146 Å². The lowest BCUT2D eigenvalue weighted by Gasteiger charge is -2.61. The number of nitrogens with zero attached hydrogens (tertiary/aromatic N) is 3. The second-order valence-corrected chi connectivity index (χ2v) is 28.8. The van der Waals surface area contributed by atoms with Gasteiger partial charge in [-0.1, -0.05) is 83.1 Å². The summed E-state index contributed by atoms with van der Waals surface area (Å²) >= 11 is 0. The van der Waals surface area contributed by atoms with Gasteiger partial charge in [-0.15, -0.1) is 0 Å². The van der Waals surface area contributed by atoms with Crippen molar-refractivity contribution in [3.63, 3.8) is 0 Å². The molecule has 15 rings (SSSR count). The molecule has 3 aromatic rings. The van der Waals surface area contributed by atoms with E-state index in [1.54, 1.807) is 28.4 Å². The van der Waals surface area contributed by atoms with E-state index in [2.05, 4.69) is 67.5 Å². The Hall–Kier alpha value is -6.20. The molecule has 3 spiro atoms. The van der Waals surface area contributed by atoms with Crippen molar-refractivity contribution in [3.8, 4) is 34.5 Å². The zero-order valence-corrected chi connectivity index (χ0v) is 57.9. The highest BCUT2D eigenvalue weighted by Crippen LogP contribution is 2.69. The van der Waals surface area contributed by atoms with Crippen LogP contribution in [0, 0.1) is 0 Å². The fourth-order valence-electron chi connectivity index (χ4n) is 19.4. The Labute approximate surface area is 565 Å². The summed E-state index contributed by atoms with van der Waals surface area (Å²) in [5, 5.41) is 36.4. The largest absolute Gasteiger partial charge is 0.493 e. The number of methoxy groups -OCH3 is 4. The van der Waals surface area contributed by atoms with Crippen molar-refractivity contribution in [2.45, 2.75) is 205 Å². The van der Waals surface area contributed by atoms with Gasteiger partial charge in [0.15, 0.2) is 52.8 Å². The molecule has 12 aliphatic rings. The maximum atomic E-state index is 12.9. The third-order valence-corrected chi connectivity index (χ3v) is 23.9. The number of likely N-dealkylation sites (N-methyl/N-ethyl adjacent to an activating group) is 3. The summed E-state index contributed by atoms with van der Waals surface area (Å²) in [7, 11) is 12.8. The molecule has 0 saturated carbocycles. The van der Waals surface area contributed by atoms with Crippen LogP contribution in [-0.4, -0.2) is 197 Å². The first-order valence-electron chi connectivity index (χ1n) is 35.2. The van der Waals surface area contributed by atoms with Crippen LogP contribution < -0.4 is 28.4 Å². The van der Waals surface area contributed by atoms with Crippen LogP contribution in [0.5, 0.6) is 34.5 Å². The van der Waals surface area contributed by atoms with Crippen molar-refractivity contribution in [2.75, 3.05) is 102 Å². The van der Waals surface area contributed by atoms with Gasteiger partial charge in [0, 0.05) is 67.6 Å². The van der Waals surface area contributed by atoms with Crippen molar-refractivity contribution in [1.29, 1.82) is 0 Å². The van der Waals surface area contributed by atoms with Crippen molar-refractivity contribution >= 4 is 11.9 Å². The van der Waals surface area contributed by atoms with E-state index in [9.17, 15) is 24.9 Å². The summed E-state index contributed by atoms with van der Waals surface area (Å²) in [5.41, 5.74) is 2.13. The first-order chi connectivity index (χ1) is 46.3. The van der Waals surface area contributed by atoms with Crippen molar-refractivity contribution < 1.29 is 81.8 Å². The highest BCUT2D eigenvalue weighted by atomic mass is 16.6. The quantitative estimate of drug-likeness (QED) is 0.0409. The number of hydrogen-bond donors (Lipinski definition) is 3. The first kappa shape index (κ1) is 68.3. The van der Waals surface area contributed by atoms with Gasteiger partial charge in [-0.3, -0.25) is 4.79 Å². The molecule has 6 bridgehead atoms. The van der Waals surface area contributed by atoms with E-state index in [1.807, 2.05) is 43.4 Å². The molecule has 6 aliphatic heterocycles. The minimum Gasteiger partial charge on any atom is -0.493 e. The molecular formula is C76H101N3O17. The zero-order valence-electron chi connectivity index (χ0n) is 57.9. The van der Waals surface area contributed by atoms with E-state index in [-0.39, 0.29) is 43.4 Å². The van der Waals surface area contributed by atoms with E-state index in [4.69, 9.17) is 56.8 Å². The molecule has 0 aromatic heterocycles. The van der Waals surface area contributed by atoms with Gasteiger partial charge in [0.25, 0.3) is 0 Å². The molecule has 20 heteroatoms. The Balaban J connectivity index is 0.000000132. The fraction of sp³-hybridized carbons (Fsp3) is 0.632. The van der Waals surface area contributed by atoms with Gasteiger partial charge < -0.3 is 86.9 Å². The van der Waals surface area contributed by atoms with E-state index in [1.165, 1.54) is 56.1 Å². The molecule has 522 valence electrons. The monoisotopic (exact) mass is 1330 g/mol. The normalized spacial score (nSPS) is 32.1. The van der Waals surface area contributed by atoms with E-state index in [0.717, 1.165) is 104 Å². The van der Waals surface area contributed by atoms with Gasteiger partial charge >= 0.3 is 11.9 Å². The van der Waals surface area contributed by atoms with Crippen LogP contribution >= 0.6 is 0 Å². The van der Waals surface area contributed by atoms with Crippen LogP contribution in [0.25, 0.3) is 0 Å². The Morgan fingerprint density at radius 1 is 0.510 bits per heavy atom. The number of carbonyl (C=O) groups is 2. The fourth-order valence-corrected chi connectivity index (χ4v) is 19.4. The summed E-state index contributed by atoms with van der Waals surface area (Å²) < 4.78 is 69.7. The van der Waals surface area contributed by atoms with Gasteiger partial charge in [-0.25, -0.2) is 4.79 Å². The summed E-state index contributed by atoms with van der Waals surface area (Å²) in [5.74, 6) is 5.86. The van der Waals surface area contributed by atoms with Crippen molar-refractivity contribution in [2.24, 2.45) is 0 Å². The van der Waals surface area contributed by atoms with Crippen molar-refractivity contribution in [1.82, 2.24) is 14.7 Å². The van der Waals surface area contributed by atoms with Gasteiger partial charge in [0.1, 0.15) is 23.9 Å². The molecule has 0 radical (unpaired) electrons. The van der Waals surface area contributed by atoms with Crippen LogP contribution in [0.2, 0.25) is 0 Å². The van der Waals surface area contributed by atoms with Crippen LogP contribution in [0.4, 0.5) is 0 Å². The molecule has 12 atom stereocenters. The van der Waals surface area contributed by atoms with Crippen LogP contribution in [0.1, 0.15) is 150 Å².